The van der Waals surface area contributed by atoms with Crippen LogP contribution < -0.4 is 9.47 Å². The zero-order valence-corrected chi connectivity index (χ0v) is 22.9. The molecular formula is C29H32BrNO5. The minimum atomic E-state index is -0.718. The highest BCUT2D eigenvalue weighted by Gasteiger charge is 2.46. The number of ketones is 1. The number of ether oxygens (including phenoxy) is 3. The lowest BCUT2D eigenvalue weighted by Gasteiger charge is -2.37. The lowest BCUT2D eigenvalue weighted by atomic mass is 9.69. The fourth-order valence-electron chi connectivity index (χ4n) is 5.13. The predicted octanol–water partition coefficient (Wildman–Crippen LogP) is 6.38. The molecular weight excluding hydrogens is 522 g/mol. The van der Waals surface area contributed by atoms with Gasteiger partial charge in [-0.25, -0.2) is 0 Å². The molecule has 190 valence electrons. The first-order valence-electron chi connectivity index (χ1n) is 12.3. The first kappa shape index (κ1) is 26.1. The highest BCUT2D eigenvalue weighted by atomic mass is 79.9. The molecule has 6 nitrogen and oxygen atoms in total. The number of halogens is 1. The minimum Gasteiger partial charge on any atom is -0.493 e. The van der Waals surface area contributed by atoms with Gasteiger partial charge in [0.25, 0.3) is 0 Å². The summed E-state index contributed by atoms with van der Waals surface area (Å²) >= 11 is 3.67. The summed E-state index contributed by atoms with van der Waals surface area (Å²) in [6.07, 6.45) is 1.47. The smallest absolute Gasteiger partial charge is 0.315 e. The van der Waals surface area contributed by atoms with E-state index in [1.165, 1.54) is 0 Å². The molecule has 1 aliphatic heterocycles. The van der Waals surface area contributed by atoms with Crippen molar-refractivity contribution in [1.29, 1.82) is 0 Å². The number of hydrogen-bond donors (Lipinski definition) is 0. The molecule has 2 aromatic carbocycles. The van der Waals surface area contributed by atoms with E-state index in [-0.39, 0.29) is 23.8 Å². The number of carbonyl (C=O) groups is 2. The third-order valence-corrected chi connectivity index (χ3v) is 7.83. The van der Waals surface area contributed by atoms with E-state index in [1.807, 2.05) is 51.1 Å². The van der Waals surface area contributed by atoms with E-state index in [9.17, 15) is 9.59 Å². The van der Waals surface area contributed by atoms with Crippen molar-refractivity contribution in [3.05, 3.63) is 69.3 Å². The lowest BCUT2D eigenvalue weighted by Crippen LogP contribution is -2.39. The zero-order chi connectivity index (χ0) is 26.0. The van der Waals surface area contributed by atoms with Gasteiger partial charge in [-0.2, -0.15) is 0 Å². The highest BCUT2D eigenvalue weighted by molar-refractivity contribution is 9.10. The number of methoxy groups -OCH3 is 2. The molecule has 4 rings (SSSR count). The second-order valence-electron chi connectivity index (χ2n) is 9.39. The quantitative estimate of drug-likeness (QED) is 0.371. The van der Waals surface area contributed by atoms with Gasteiger partial charge in [0.15, 0.2) is 17.3 Å². The van der Waals surface area contributed by atoms with Crippen LogP contribution >= 0.6 is 15.9 Å². The molecule has 0 amide bonds. The molecule has 0 spiro atoms. The Balaban J connectivity index is 1.86. The van der Waals surface area contributed by atoms with E-state index in [0.717, 1.165) is 21.3 Å². The molecule has 1 unspecified atom stereocenters. The number of esters is 1. The SMILES string of the molecule is CC[C@@H](C)OC(=O)C1C(C)=NC2=C(C(=O)C[C@H](c3ccccc3)C2)[C@H]1c1cc(OC)c(OC)cc1Br. The van der Waals surface area contributed by atoms with Gasteiger partial charge >= 0.3 is 5.97 Å². The number of allylic oxidation sites excluding steroid dienone is 2. The predicted molar refractivity (Wildman–Crippen MR) is 143 cm³/mol. The summed E-state index contributed by atoms with van der Waals surface area (Å²) in [4.78, 5) is 32.1. The average Bonchev–Trinajstić information content (AvgIpc) is 2.87. The Hall–Kier alpha value is -2.93. The maximum Gasteiger partial charge on any atom is 0.315 e. The van der Waals surface area contributed by atoms with Crippen molar-refractivity contribution in [3.63, 3.8) is 0 Å². The van der Waals surface area contributed by atoms with Crippen molar-refractivity contribution >= 4 is 33.4 Å². The Kier molecular flexibility index (Phi) is 7.98. The minimum absolute atomic E-state index is 0.00868. The Bertz CT molecular complexity index is 1220. The molecule has 2 aliphatic rings. The lowest BCUT2D eigenvalue weighted by molar-refractivity contribution is -0.151. The standard InChI is InChI=1S/C29H32BrNO5/c1-6-16(2)36-29(33)26-17(3)31-22-12-19(18-10-8-7-9-11-18)13-23(32)28(22)27(26)20-14-24(34-4)25(35-5)15-21(20)30/h7-11,14-16,19,26-27H,6,12-13H2,1-5H3/t16-,19-,26?,27+/m1/s1. The van der Waals surface area contributed by atoms with Crippen molar-refractivity contribution in [2.24, 2.45) is 10.9 Å². The molecule has 0 saturated heterocycles. The van der Waals surface area contributed by atoms with Gasteiger partial charge in [0.2, 0.25) is 0 Å². The first-order chi connectivity index (χ1) is 17.3. The highest BCUT2D eigenvalue weighted by Crippen LogP contribution is 2.50. The first-order valence-corrected chi connectivity index (χ1v) is 13.1. The van der Waals surface area contributed by atoms with Crippen molar-refractivity contribution in [2.75, 3.05) is 14.2 Å². The number of hydrogen-bond acceptors (Lipinski definition) is 6. The van der Waals surface area contributed by atoms with Crippen LogP contribution in [0.15, 0.2) is 63.2 Å². The number of benzene rings is 2. The second-order valence-corrected chi connectivity index (χ2v) is 10.2. The van der Waals surface area contributed by atoms with Gasteiger partial charge in [0.1, 0.15) is 5.92 Å². The summed E-state index contributed by atoms with van der Waals surface area (Å²) in [6.45, 7) is 5.69. The molecule has 0 N–H and O–H groups in total. The molecule has 36 heavy (non-hydrogen) atoms. The van der Waals surface area contributed by atoms with Crippen LogP contribution in [0, 0.1) is 5.92 Å². The van der Waals surface area contributed by atoms with Crippen LogP contribution in [0.3, 0.4) is 0 Å². The van der Waals surface area contributed by atoms with Gasteiger partial charge in [-0.15, -0.1) is 0 Å². The van der Waals surface area contributed by atoms with Crippen LogP contribution in [-0.4, -0.2) is 37.8 Å². The summed E-state index contributed by atoms with van der Waals surface area (Å²) in [5, 5.41) is 0. The van der Waals surface area contributed by atoms with Crippen molar-refractivity contribution in [2.45, 2.75) is 58.0 Å². The van der Waals surface area contributed by atoms with Gasteiger partial charge in [0.05, 0.1) is 20.3 Å². The van der Waals surface area contributed by atoms with Crippen LogP contribution in [0.5, 0.6) is 11.5 Å². The van der Waals surface area contributed by atoms with Crippen LogP contribution in [0.1, 0.15) is 63.0 Å². The normalized spacial score (nSPS) is 22.4. The van der Waals surface area contributed by atoms with E-state index < -0.39 is 11.8 Å². The Labute approximate surface area is 220 Å². The number of nitrogens with zero attached hydrogens (tertiary/aromatic N) is 1. The summed E-state index contributed by atoms with van der Waals surface area (Å²) in [5.74, 6) is -0.501. The maximum atomic E-state index is 13.8. The number of Topliss-reactive ketones (excluding diaryl/α,β-unsaturated/α-hetero) is 1. The van der Waals surface area contributed by atoms with E-state index >= 15 is 0 Å². The van der Waals surface area contributed by atoms with Crippen LogP contribution in [0.25, 0.3) is 0 Å². The van der Waals surface area contributed by atoms with Crippen LogP contribution in [-0.2, 0) is 14.3 Å². The van der Waals surface area contributed by atoms with E-state index in [1.54, 1.807) is 14.2 Å². The largest absolute Gasteiger partial charge is 0.493 e. The van der Waals surface area contributed by atoms with Crippen molar-refractivity contribution in [1.82, 2.24) is 0 Å². The molecule has 4 atom stereocenters. The van der Waals surface area contributed by atoms with Crippen LogP contribution in [0.4, 0.5) is 0 Å². The van der Waals surface area contributed by atoms with Crippen LogP contribution in [0.2, 0.25) is 0 Å². The third kappa shape index (κ3) is 4.99. The van der Waals surface area contributed by atoms with E-state index in [0.29, 0.717) is 42.0 Å². The Morgan fingerprint density at radius 2 is 1.78 bits per heavy atom. The third-order valence-electron chi connectivity index (χ3n) is 7.14. The number of carbonyl (C=O) groups excluding carboxylic acids is 2. The molecule has 0 saturated carbocycles. The Morgan fingerprint density at radius 1 is 1.11 bits per heavy atom. The number of aliphatic imine (C=N–C) groups is 1. The monoisotopic (exact) mass is 553 g/mol. The van der Waals surface area contributed by atoms with Gasteiger partial charge in [-0.3, -0.25) is 14.6 Å². The summed E-state index contributed by atoms with van der Waals surface area (Å²) in [7, 11) is 3.14. The Morgan fingerprint density at radius 3 is 2.42 bits per heavy atom. The van der Waals surface area contributed by atoms with E-state index in [2.05, 4.69) is 28.1 Å². The molecule has 1 aliphatic carbocycles. The fraction of sp³-hybridized carbons (Fsp3) is 0.414. The molecule has 2 aromatic rings. The van der Waals surface area contributed by atoms with Crippen molar-refractivity contribution < 1.29 is 23.8 Å². The van der Waals surface area contributed by atoms with E-state index in [4.69, 9.17) is 19.2 Å². The molecule has 0 aromatic heterocycles. The molecule has 1 heterocycles. The molecule has 0 bridgehead atoms. The topological polar surface area (TPSA) is 74.2 Å². The molecule has 0 fully saturated rings. The zero-order valence-electron chi connectivity index (χ0n) is 21.3. The van der Waals surface area contributed by atoms with Gasteiger partial charge in [0, 0.05) is 33.8 Å². The van der Waals surface area contributed by atoms with Gasteiger partial charge < -0.3 is 14.2 Å². The molecule has 7 heteroatoms. The summed E-state index contributed by atoms with van der Waals surface area (Å²) in [6, 6.07) is 13.7. The summed E-state index contributed by atoms with van der Waals surface area (Å²) in [5.41, 5.74) is 3.87. The average molecular weight is 554 g/mol. The molecule has 0 radical (unpaired) electrons. The number of rotatable bonds is 7. The van der Waals surface area contributed by atoms with Gasteiger partial charge in [-0.05, 0) is 55.9 Å². The maximum absolute atomic E-state index is 13.8. The fourth-order valence-corrected chi connectivity index (χ4v) is 5.69. The summed E-state index contributed by atoms with van der Waals surface area (Å²) < 4.78 is 17.5. The van der Waals surface area contributed by atoms with Crippen molar-refractivity contribution in [3.8, 4) is 11.5 Å². The van der Waals surface area contributed by atoms with Gasteiger partial charge in [-0.1, -0.05) is 53.2 Å². The second kappa shape index (κ2) is 11.0.